The zero-order valence-electron chi connectivity index (χ0n) is 15.0. The van der Waals surface area contributed by atoms with Gasteiger partial charge in [-0.3, -0.25) is 4.90 Å². The molecule has 0 unspecified atom stereocenters. The molecule has 0 aromatic carbocycles. The van der Waals surface area contributed by atoms with Crippen LogP contribution < -0.4 is 15.5 Å². The third kappa shape index (κ3) is 5.52. The van der Waals surface area contributed by atoms with Crippen LogP contribution in [0, 0.1) is 0 Å². The highest BCUT2D eigenvalue weighted by Gasteiger charge is 2.19. The van der Waals surface area contributed by atoms with Gasteiger partial charge in [0.1, 0.15) is 5.82 Å². The van der Waals surface area contributed by atoms with Crippen molar-refractivity contribution in [2.45, 2.75) is 32.2 Å². The smallest absolute Gasteiger partial charge is 0.170 e. The highest BCUT2D eigenvalue weighted by atomic mass is 32.1. The molecule has 0 spiro atoms. The molecule has 0 radical (unpaired) electrons. The first-order valence-corrected chi connectivity index (χ1v) is 9.71. The van der Waals surface area contributed by atoms with E-state index < -0.39 is 0 Å². The molecule has 2 N–H and O–H groups in total. The van der Waals surface area contributed by atoms with E-state index in [1.54, 1.807) is 0 Å². The van der Waals surface area contributed by atoms with Crippen molar-refractivity contribution in [1.29, 1.82) is 0 Å². The minimum atomic E-state index is 0.572. The quantitative estimate of drug-likeness (QED) is 0.777. The lowest BCUT2D eigenvalue weighted by Crippen LogP contribution is -2.42. The van der Waals surface area contributed by atoms with Crippen molar-refractivity contribution in [1.82, 2.24) is 15.2 Å². The van der Waals surface area contributed by atoms with E-state index in [-0.39, 0.29) is 0 Å². The summed E-state index contributed by atoms with van der Waals surface area (Å²) in [5.74, 6) is 1.06. The topological polar surface area (TPSA) is 52.7 Å². The van der Waals surface area contributed by atoms with Gasteiger partial charge < -0.3 is 20.3 Å². The summed E-state index contributed by atoms with van der Waals surface area (Å²) in [5, 5.41) is 7.13. The van der Waals surface area contributed by atoms with Crippen molar-refractivity contribution in [3.63, 3.8) is 0 Å². The van der Waals surface area contributed by atoms with Gasteiger partial charge in [-0.2, -0.15) is 0 Å². The number of nitrogens with zero attached hydrogens (tertiary/aromatic N) is 3. The average molecular weight is 364 g/mol. The van der Waals surface area contributed by atoms with E-state index in [1.165, 1.54) is 19.3 Å². The van der Waals surface area contributed by atoms with E-state index in [0.717, 1.165) is 57.4 Å². The molecule has 3 heterocycles. The molecule has 0 saturated carbocycles. The molecule has 2 aliphatic heterocycles. The average Bonchev–Trinajstić information content (AvgIpc) is 2.64. The number of pyridine rings is 1. The van der Waals surface area contributed by atoms with Gasteiger partial charge in [-0.25, -0.2) is 4.98 Å². The van der Waals surface area contributed by atoms with Crippen LogP contribution in [0.3, 0.4) is 0 Å². The van der Waals surface area contributed by atoms with Crippen molar-refractivity contribution in [3.8, 4) is 0 Å². The van der Waals surface area contributed by atoms with E-state index >= 15 is 0 Å². The van der Waals surface area contributed by atoms with Crippen molar-refractivity contribution in [2.24, 2.45) is 0 Å². The second kappa shape index (κ2) is 9.31. The van der Waals surface area contributed by atoms with E-state index in [4.69, 9.17) is 17.0 Å². The minimum Gasteiger partial charge on any atom is -0.379 e. The summed E-state index contributed by atoms with van der Waals surface area (Å²) in [7, 11) is 0. The van der Waals surface area contributed by atoms with Crippen LogP contribution in [-0.2, 0) is 4.74 Å². The van der Waals surface area contributed by atoms with Gasteiger partial charge in [-0.15, -0.1) is 0 Å². The fourth-order valence-electron chi connectivity index (χ4n) is 3.40. The molecule has 2 saturated heterocycles. The molecule has 6 nitrogen and oxygen atoms in total. The maximum absolute atomic E-state index is 5.38. The Labute approximate surface area is 155 Å². The predicted octanol–water partition coefficient (Wildman–Crippen LogP) is 2.08. The molecule has 1 aromatic heterocycles. The molecule has 1 aromatic rings. The molecule has 2 aliphatic rings. The Balaban J connectivity index is 1.42. The Bertz CT molecular complexity index is 547. The van der Waals surface area contributed by atoms with Gasteiger partial charge in [0.05, 0.1) is 25.1 Å². The predicted molar refractivity (Wildman–Crippen MR) is 106 cm³/mol. The Hall–Kier alpha value is -1.44. The molecule has 0 aliphatic carbocycles. The number of morpholine rings is 1. The molecule has 0 bridgehead atoms. The third-order valence-electron chi connectivity index (χ3n) is 4.92. The van der Waals surface area contributed by atoms with Crippen LogP contribution in [0.5, 0.6) is 0 Å². The van der Waals surface area contributed by atoms with E-state index in [1.807, 2.05) is 6.20 Å². The van der Waals surface area contributed by atoms with Crippen LogP contribution in [-0.4, -0.2) is 67.0 Å². The molecule has 3 rings (SSSR count). The van der Waals surface area contributed by atoms with Gasteiger partial charge in [-0.1, -0.05) is 0 Å². The first kappa shape index (κ1) is 18.4. The molecule has 0 amide bonds. The Morgan fingerprint density at radius 2 is 2.12 bits per heavy atom. The van der Waals surface area contributed by atoms with Gasteiger partial charge in [-0.05, 0) is 50.5 Å². The number of ether oxygens (including phenoxy) is 1. The zero-order chi connectivity index (χ0) is 17.5. The van der Waals surface area contributed by atoms with Crippen LogP contribution in [0.1, 0.15) is 26.2 Å². The van der Waals surface area contributed by atoms with Gasteiger partial charge >= 0.3 is 0 Å². The minimum absolute atomic E-state index is 0.572. The Morgan fingerprint density at radius 3 is 2.84 bits per heavy atom. The first-order valence-electron chi connectivity index (χ1n) is 9.30. The summed E-state index contributed by atoms with van der Waals surface area (Å²) in [6.45, 7) is 8.86. The van der Waals surface area contributed by atoms with Crippen LogP contribution in [0.15, 0.2) is 18.3 Å². The largest absolute Gasteiger partial charge is 0.379 e. The number of piperidine rings is 1. The summed E-state index contributed by atoms with van der Waals surface area (Å²) in [6, 6.07) is 4.71. The summed E-state index contributed by atoms with van der Waals surface area (Å²) in [4.78, 5) is 9.39. The fourth-order valence-corrected chi connectivity index (χ4v) is 3.62. The Kier molecular flexibility index (Phi) is 6.84. The molecular formula is C18H29N5OS. The van der Waals surface area contributed by atoms with Gasteiger partial charge in [0.25, 0.3) is 0 Å². The van der Waals surface area contributed by atoms with Crippen LogP contribution in [0.2, 0.25) is 0 Å². The monoisotopic (exact) mass is 363 g/mol. The fraction of sp³-hybridized carbons (Fsp3) is 0.667. The van der Waals surface area contributed by atoms with Crippen molar-refractivity contribution >= 4 is 28.8 Å². The SMILES string of the molecule is C[C@H]1CCCCN1c1ccc(NC(=S)NCCN2CCOCC2)cn1. The maximum Gasteiger partial charge on any atom is 0.170 e. The molecule has 7 heteroatoms. The summed E-state index contributed by atoms with van der Waals surface area (Å²) < 4.78 is 5.36. The number of anilines is 2. The lowest BCUT2D eigenvalue weighted by atomic mass is 10.0. The van der Waals surface area contributed by atoms with E-state index in [9.17, 15) is 0 Å². The van der Waals surface area contributed by atoms with Gasteiger partial charge in [0.15, 0.2) is 5.11 Å². The Morgan fingerprint density at radius 1 is 1.28 bits per heavy atom. The zero-order valence-corrected chi connectivity index (χ0v) is 15.9. The van der Waals surface area contributed by atoms with Crippen LogP contribution in [0.4, 0.5) is 11.5 Å². The molecule has 138 valence electrons. The number of rotatable bonds is 5. The number of hydrogen-bond donors (Lipinski definition) is 2. The summed E-state index contributed by atoms with van der Waals surface area (Å²) >= 11 is 5.38. The van der Waals surface area contributed by atoms with Gasteiger partial charge in [0.2, 0.25) is 0 Å². The molecule has 2 fully saturated rings. The van der Waals surface area contributed by atoms with Gasteiger partial charge in [0, 0.05) is 38.8 Å². The van der Waals surface area contributed by atoms with Crippen molar-refractivity contribution in [2.75, 3.05) is 56.2 Å². The van der Waals surface area contributed by atoms with Crippen molar-refractivity contribution < 1.29 is 4.74 Å². The number of hydrogen-bond acceptors (Lipinski definition) is 5. The lowest BCUT2D eigenvalue weighted by molar-refractivity contribution is 0.0389. The third-order valence-corrected chi connectivity index (χ3v) is 5.17. The molecule has 25 heavy (non-hydrogen) atoms. The number of thiocarbonyl (C=S) groups is 1. The highest BCUT2D eigenvalue weighted by Crippen LogP contribution is 2.23. The van der Waals surface area contributed by atoms with E-state index in [2.05, 4.69) is 44.5 Å². The second-order valence-corrected chi connectivity index (χ2v) is 7.19. The van der Waals surface area contributed by atoms with E-state index in [0.29, 0.717) is 11.2 Å². The first-order chi connectivity index (χ1) is 12.2. The number of nitrogens with one attached hydrogen (secondary N) is 2. The maximum atomic E-state index is 5.38. The second-order valence-electron chi connectivity index (χ2n) is 6.78. The normalized spacial score (nSPS) is 21.8. The molecular weight excluding hydrogens is 334 g/mol. The van der Waals surface area contributed by atoms with Crippen LogP contribution >= 0.6 is 12.2 Å². The number of aromatic nitrogens is 1. The summed E-state index contributed by atoms with van der Waals surface area (Å²) in [6.07, 6.45) is 5.69. The lowest BCUT2D eigenvalue weighted by Gasteiger charge is -2.34. The van der Waals surface area contributed by atoms with Crippen LogP contribution in [0.25, 0.3) is 0 Å². The van der Waals surface area contributed by atoms with Crippen molar-refractivity contribution in [3.05, 3.63) is 18.3 Å². The standard InChI is InChI=1S/C18H29N5OS/c1-15-4-2-3-8-23(15)17-6-5-16(14-20-17)21-18(25)19-7-9-22-10-12-24-13-11-22/h5-6,14-15H,2-4,7-13H2,1H3,(H2,19,21,25)/t15-/m0/s1. The highest BCUT2D eigenvalue weighted by molar-refractivity contribution is 7.80. The molecule has 1 atom stereocenters. The summed E-state index contributed by atoms with van der Waals surface area (Å²) in [5.41, 5.74) is 0.928.